The lowest BCUT2D eigenvalue weighted by Gasteiger charge is -2.22. The summed E-state index contributed by atoms with van der Waals surface area (Å²) < 4.78 is 0. The minimum Gasteiger partial charge on any atom is -0.330 e. The molecule has 0 aromatic heterocycles. The third kappa shape index (κ3) is 7.28. The van der Waals surface area contributed by atoms with E-state index in [0.29, 0.717) is 13.0 Å². The molecule has 0 saturated carbocycles. The number of carbonyl (C=O) groups excluding carboxylic acids is 1. The van der Waals surface area contributed by atoms with Crippen molar-refractivity contribution < 1.29 is 4.79 Å². The lowest BCUT2D eigenvalue weighted by Crippen LogP contribution is -2.32. The lowest BCUT2D eigenvalue weighted by atomic mass is 10.1. The fraction of sp³-hybridized carbons (Fsp3) is 0.611. The lowest BCUT2D eigenvalue weighted by molar-refractivity contribution is -0.118. The average molecular weight is 290 g/mol. The van der Waals surface area contributed by atoms with Gasteiger partial charge in [-0.15, -0.1) is 0 Å². The molecule has 0 aliphatic carbocycles. The van der Waals surface area contributed by atoms with Crippen molar-refractivity contribution in [2.24, 2.45) is 5.73 Å². The molecule has 3 heteroatoms. The summed E-state index contributed by atoms with van der Waals surface area (Å²) in [6.07, 6.45) is 8.75. The van der Waals surface area contributed by atoms with Crippen LogP contribution < -0.4 is 10.6 Å². The van der Waals surface area contributed by atoms with Gasteiger partial charge in [0.25, 0.3) is 0 Å². The molecule has 1 aromatic carbocycles. The number of nitrogens with zero attached hydrogens (tertiary/aromatic N) is 1. The maximum Gasteiger partial charge on any atom is 0.226 e. The first-order valence-corrected chi connectivity index (χ1v) is 8.35. The molecule has 0 aliphatic rings. The summed E-state index contributed by atoms with van der Waals surface area (Å²) in [5.74, 6) is 0.227. The second-order valence-electron chi connectivity index (χ2n) is 5.54. The molecule has 2 N–H and O–H groups in total. The molecule has 0 aliphatic heterocycles. The summed E-state index contributed by atoms with van der Waals surface area (Å²) in [7, 11) is 0. The predicted molar refractivity (Wildman–Crippen MR) is 90.5 cm³/mol. The number of para-hydroxylation sites is 1. The van der Waals surface area contributed by atoms with Crippen LogP contribution in [0.2, 0.25) is 0 Å². The van der Waals surface area contributed by atoms with Crippen molar-refractivity contribution >= 4 is 11.6 Å². The van der Waals surface area contributed by atoms with Gasteiger partial charge in [-0.25, -0.2) is 0 Å². The van der Waals surface area contributed by atoms with Crippen LogP contribution in [0.3, 0.4) is 0 Å². The van der Waals surface area contributed by atoms with E-state index in [4.69, 9.17) is 5.73 Å². The molecule has 0 saturated heterocycles. The zero-order chi connectivity index (χ0) is 15.3. The van der Waals surface area contributed by atoms with Crippen molar-refractivity contribution in [2.45, 2.75) is 58.3 Å². The number of unbranched alkanes of at least 4 members (excludes halogenated alkanes) is 5. The highest BCUT2D eigenvalue weighted by Gasteiger charge is 2.14. The third-order valence-electron chi connectivity index (χ3n) is 3.70. The van der Waals surface area contributed by atoms with Gasteiger partial charge in [0.05, 0.1) is 0 Å². The molecule has 1 aromatic rings. The van der Waals surface area contributed by atoms with Crippen LogP contribution in [0, 0.1) is 0 Å². The van der Waals surface area contributed by atoms with Crippen molar-refractivity contribution in [3.8, 4) is 0 Å². The zero-order valence-electron chi connectivity index (χ0n) is 13.4. The fourth-order valence-corrected chi connectivity index (χ4v) is 2.45. The Kier molecular flexibility index (Phi) is 9.55. The Hall–Kier alpha value is -1.35. The Labute approximate surface area is 129 Å². The maximum atomic E-state index is 12.4. The van der Waals surface area contributed by atoms with E-state index in [1.165, 1.54) is 25.7 Å². The van der Waals surface area contributed by atoms with Crippen molar-refractivity contribution in [3.05, 3.63) is 30.3 Å². The number of hydrogen-bond acceptors (Lipinski definition) is 2. The van der Waals surface area contributed by atoms with E-state index < -0.39 is 0 Å². The van der Waals surface area contributed by atoms with E-state index in [-0.39, 0.29) is 5.91 Å². The van der Waals surface area contributed by atoms with E-state index in [9.17, 15) is 4.79 Å². The molecule has 1 rings (SSSR count). The van der Waals surface area contributed by atoms with Crippen molar-refractivity contribution in [3.63, 3.8) is 0 Å². The third-order valence-corrected chi connectivity index (χ3v) is 3.70. The Balaban J connectivity index is 2.41. The van der Waals surface area contributed by atoms with Gasteiger partial charge < -0.3 is 10.6 Å². The van der Waals surface area contributed by atoms with E-state index in [2.05, 4.69) is 6.92 Å². The number of hydrogen-bond donors (Lipinski definition) is 1. The Morgan fingerprint density at radius 3 is 2.33 bits per heavy atom. The number of benzene rings is 1. The maximum absolute atomic E-state index is 12.4. The van der Waals surface area contributed by atoms with Crippen LogP contribution in [0.5, 0.6) is 0 Å². The highest BCUT2D eigenvalue weighted by Crippen LogP contribution is 2.16. The molecule has 0 spiro atoms. The molecule has 0 atom stereocenters. The highest BCUT2D eigenvalue weighted by atomic mass is 16.2. The standard InChI is InChI=1S/C18H30N2O/c1-2-3-4-5-6-10-14-18(21)20(16-11-15-19)17-12-8-7-9-13-17/h7-9,12-13H,2-6,10-11,14-16,19H2,1H3. The molecular weight excluding hydrogens is 260 g/mol. The van der Waals surface area contributed by atoms with Gasteiger partial charge in [-0.2, -0.15) is 0 Å². The second-order valence-corrected chi connectivity index (χ2v) is 5.54. The van der Waals surface area contributed by atoms with Crippen LogP contribution in [-0.4, -0.2) is 19.0 Å². The summed E-state index contributed by atoms with van der Waals surface area (Å²) >= 11 is 0. The van der Waals surface area contributed by atoms with Gasteiger partial charge in [0, 0.05) is 18.7 Å². The van der Waals surface area contributed by atoms with E-state index >= 15 is 0 Å². The predicted octanol–water partition coefficient (Wildman–Crippen LogP) is 4.12. The van der Waals surface area contributed by atoms with Crippen LogP contribution in [-0.2, 0) is 4.79 Å². The summed E-state index contributed by atoms with van der Waals surface area (Å²) in [5, 5.41) is 0. The molecule has 0 heterocycles. The number of nitrogens with two attached hydrogens (primary N) is 1. The normalized spacial score (nSPS) is 10.6. The minimum atomic E-state index is 0.227. The quantitative estimate of drug-likeness (QED) is 0.623. The van der Waals surface area contributed by atoms with Crippen molar-refractivity contribution in [2.75, 3.05) is 18.0 Å². The van der Waals surface area contributed by atoms with Crippen molar-refractivity contribution in [1.82, 2.24) is 0 Å². The highest BCUT2D eigenvalue weighted by molar-refractivity contribution is 5.93. The Morgan fingerprint density at radius 2 is 1.67 bits per heavy atom. The first-order valence-electron chi connectivity index (χ1n) is 8.35. The molecule has 3 nitrogen and oxygen atoms in total. The summed E-state index contributed by atoms with van der Waals surface area (Å²) in [6.45, 7) is 3.56. The average Bonchev–Trinajstić information content (AvgIpc) is 2.52. The summed E-state index contributed by atoms with van der Waals surface area (Å²) in [4.78, 5) is 14.3. The molecule has 21 heavy (non-hydrogen) atoms. The first kappa shape index (κ1) is 17.7. The van der Waals surface area contributed by atoms with Gasteiger partial charge >= 0.3 is 0 Å². The molecular formula is C18H30N2O. The van der Waals surface area contributed by atoms with Crippen LogP contribution in [0.4, 0.5) is 5.69 Å². The largest absolute Gasteiger partial charge is 0.330 e. The Bertz CT molecular complexity index is 378. The van der Waals surface area contributed by atoms with E-state index in [1.54, 1.807) is 0 Å². The van der Waals surface area contributed by atoms with Gasteiger partial charge in [0.2, 0.25) is 5.91 Å². The minimum absolute atomic E-state index is 0.227. The molecule has 0 unspecified atom stereocenters. The topological polar surface area (TPSA) is 46.3 Å². The van der Waals surface area contributed by atoms with Gasteiger partial charge in [0.1, 0.15) is 0 Å². The first-order chi connectivity index (χ1) is 10.3. The number of carbonyl (C=O) groups is 1. The molecule has 0 radical (unpaired) electrons. The Morgan fingerprint density at radius 1 is 1.00 bits per heavy atom. The fourth-order valence-electron chi connectivity index (χ4n) is 2.45. The van der Waals surface area contributed by atoms with Gasteiger partial charge in [-0.1, -0.05) is 57.2 Å². The molecule has 0 bridgehead atoms. The smallest absolute Gasteiger partial charge is 0.226 e. The number of anilines is 1. The van der Waals surface area contributed by atoms with Crippen LogP contribution in [0.25, 0.3) is 0 Å². The van der Waals surface area contributed by atoms with Crippen LogP contribution in [0.15, 0.2) is 30.3 Å². The summed E-state index contributed by atoms with van der Waals surface area (Å²) in [6, 6.07) is 9.92. The van der Waals surface area contributed by atoms with Crippen LogP contribution in [0.1, 0.15) is 58.3 Å². The van der Waals surface area contributed by atoms with Crippen LogP contribution >= 0.6 is 0 Å². The molecule has 118 valence electrons. The van der Waals surface area contributed by atoms with Gasteiger partial charge in [-0.3, -0.25) is 4.79 Å². The molecule has 1 amide bonds. The van der Waals surface area contributed by atoms with E-state index in [1.807, 2.05) is 35.2 Å². The number of amides is 1. The molecule has 0 fully saturated rings. The monoisotopic (exact) mass is 290 g/mol. The zero-order valence-corrected chi connectivity index (χ0v) is 13.4. The summed E-state index contributed by atoms with van der Waals surface area (Å²) in [5.41, 5.74) is 6.57. The van der Waals surface area contributed by atoms with Gasteiger partial charge in [-0.05, 0) is 31.5 Å². The van der Waals surface area contributed by atoms with Gasteiger partial charge in [0.15, 0.2) is 0 Å². The second kappa shape index (κ2) is 11.3. The van der Waals surface area contributed by atoms with Crippen molar-refractivity contribution in [1.29, 1.82) is 0 Å². The number of rotatable bonds is 11. The van der Waals surface area contributed by atoms with E-state index in [0.717, 1.165) is 31.5 Å². The SMILES string of the molecule is CCCCCCCCC(=O)N(CCCN)c1ccccc1.